The summed E-state index contributed by atoms with van der Waals surface area (Å²) in [5, 5.41) is 32.1. The third-order valence-electron chi connectivity index (χ3n) is 2.87. The van der Waals surface area contributed by atoms with Gasteiger partial charge in [0.2, 0.25) is 0 Å². The van der Waals surface area contributed by atoms with Gasteiger partial charge in [-0.3, -0.25) is 5.10 Å². The van der Waals surface area contributed by atoms with Crippen LogP contribution in [0.5, 0.6) is 0 Å². The number of nitrogens with one attached hydrogen (secondary N) is 1. The first-order valence-corrected chi connectivity index (χ1v) is 4.96. The van der Waals surface area contributed by atoms with Crippen molar-refractivity contribution in [3.63, 3.8) is 0 Å². The predicted molar refractivity (Wildman–Crippen MR) is 52.4 cm³/mol. The second kappa shape index (κ2) is 3.39. The number of hydrogen-bond acceptors (Lipinski definition) is 6. The van der Waals surface area contributed by atoms with E-state index in [0.717, 1.165) is 0 Å². The molecule has 0 spiro atoms. The summed E-state index contributed by atoms with van der Waals surface area (Å²) in [5.74, 6) is -1.47. The Labute approximate surface area is 94.2 Å². The quantitative estimate of drug-likeness (QED) is 0.658. The molecule has 8 heteroatoms. The standard InChI is InChI=1S/C9H8N4O4/c14-2-3-1-4-6(13-17-12-4)7-5(3)8(9(15)16)11-10-7/h3,14H,1-2H2,(H,10,11)(H,15,16). The monoisotopic (exact) mass is 236 g/mol. The van der Waals surface area contributed by atoms with Crippen LogP contribution in [0.3, 0.4) is 0 Å². The van der Waals surface area contributed by atoms with E-state index in [2.05, 4.69) is 25.1 Å². The van der Waals surface area contributed by atoms with E-state index in [0.29, 0.717) is 29.1 Å². The van der Waals surface area contributed by atoms with Gasteiger partial charge in [0.25, 0.3) is 0 Å². The van der Waals surface area contributed by atoms with Crippen LogP contribution in [0.15, 0.2) is 4.63 Å². The molecule has 2 aromatic rings. The molecule has 2 heterocycles. The number of aromatic carboxylic acids is 1. The zero-order valence-corrected chi connectivity index (χ0v) is 8.54. The van der Waals surface area contributed by atoms with Crippen LogP contribution in [0.4, 0.5) is 0 Å². The third kappa shape index (κ3) is 1.27. The first kappa shape index (κ1) is 9.97. The van der Waals surface area contributed by atoms with Gasteiger partial charge in [0, 0.05) is 17.9 Å². The maximum Gasteiger partial charge on any atom is 0.354 e. The number of carbonyl (C=O) groups is 1. The normalized spacial score (nSPS) is 17.6. The fraction of sp³-hybridized carbons (Fsp3) is 0.333. The highest BCUT2D eigenvalue weighted by atomic mass is 16.6. The lowest BCUT2D eigenvalue weighted by atomic mass is 9.86. The number of aliphatic hydroxyl groups excluding tert-OH is 1. The van der Waals surface area contributed by atoms with Crippen LogP contribution >= 0.6 is 0 Å². The van der Waals surface area contributed by atoms with Crippen molar-refractivity contribution in [1.82, 2.24) is 20.5 Å². The summed E-state index contributed by atoms with van der Waals surface area (Å²) in [4.78, 5) is 11.0. The average Bonchev–Trinajstić information content (AvgIpc) is 2.93. The van der Waals surface area contributed by atoms with Crippen LogP contribution in [0.25, 0.3) is 11.4 Å². The topological polar surface area (TPSA) is 125 Å². The third-order valence-corrected chi connectivity index (χ3v) is 2.87. The molecule has 0 saturated heterocycles. The van der Waals surface area contributed by atoms with Crippen molar-refractivity contribution in [1.29, 1.82) is 0 Å². The molecule has 0 aliphatic heterocycles. The Kier molecular flexibility index (Phi) is 1.99. The summed E-state index contributed by atoms with van der Waals surface area (Å²) in [6, 6.07) is 0. The molecule has 17 heavy (non-hydrogen) atoms. The summed E-state index contributed by atoms with van der Waals surface area (Å²) in [6.07, 6.45) is 0.391. The first-order valence-electron chi connectivity index (χ1n) is 4.96. The van der Waals surface area contributed by atoms with Gasteiger partial charge in [-0.15, -0.1) is 0 Å². The van der Waals surface area contributed by atoms with Gasteiger partial charge < -0.3 is 10.2 Å². The van der Waals surface area contributed by atoms with Gasteiger partial charge >= 0.3 is 5.97 Å². The molecule has 88 valence electrons. The molecule has 3 rings (SSSR count). The number of carboxylic acid groups (broad SMARTS) is 1. The van der Waals surface area contributed by atoms with Crippen molar-refractivity contribution in [2.24, 2.45) is 0 Å². The highest BCUT2D eigenvalue weighted by Crippen LogP contribution is 2.38. The molecule has 0 bridgehead atoms. The minimum atomic E-state index is -1.11. The van der Waals surface area contributed by atoms with Crippen LogP contribution in [-0.2, 0) is 6.42 Å². The number of carboxylic acids is 1. The van der Waals surface area contributed by atoms with E-state index in [4.69, 9.17) is 5.11 Å². The molecule has 1 atom stereocenters. The number of aromatic nitrogens is 4. The zero-order chi connectivity index (χ0) is 12.0. The molecule has 0 aromatic carbocycles. The number of aromatic amines is 1. The van der Waals surface area contributed by atoms with E-state index < -0.39 is 5.97 Å². The lowest BCUT2D eigenvalue weighted by Crippen LogP contribution is -2.16. The number of fused-ring (bicyclic) bond motifs is 3. The SMILES string of the molecule is O=C(O)c1[nH]nc2c1C(CO)Cc1nonc1-2. The minimum absolute atomic E-state index is 0.0206. The molecule has 3 N–H and O–H groups in total. The van der Waals surface area contributed by atoms with E-state index in [1.807, 2.05) is 0 Å². The molecule has 0 fully saturated rings. The summed E-state index contributed by atoms with van der Waals surface area (Å²) in [6.45, 7) is -0.181. The Morgan fingerprint density at radius 1 is 1.47 bits per heavy atom. The van der Waals surface area contributed by atoms with Crippen molar-refractivity contribution in [3.05, 3.63) is 17.0 Å². The smallest absolute Gasteiger partial charge is 0.354 e. The lowest BCUT2D eigenvalue weighted by molar-refractivity contribution is 0.0688. The summed E-state index contributed by atoms with van der Waals surface area (Å²) < 4.78 is 4.60. The number of rotatable bonds is 2. The van der Waals surface area contributed by atoms with Gasteiger partial charge in [0.05, 0.1) is 6.61 Å². The van der Waals surface area contributed by atoms with E-state index in [9.17, 15) is 9.90 Å². The number of H-pyrrole nitrogens is 1. The van der Waals surface area contributed by atoms with Crippen LogP contribution in [-0.4, -0.2) is 43.3 Å². The van der Waals surface area contributed by atoms with Crippen molar-refractivity contribution >= 4 is 5.97 Å². The average molecular weight is 236 g/mol. The fourth-order valence-corrected chi connectivity index (χ4v) is 2.10. The zero-order valence-electron chi connectivity index (χ0n) is 8.54. The van der Waals surface area contributed by atoms with E-state index in [1.165, 1.54) is 0 Å². The number of hydrogen-bond donors (Lipinski definition) is 3. The van der Waals surface area contributed by atoms with Gasteiger partial charge in [-0.25, -0.2) is 9.42 Å². The Morgan fingerprint density at radius 2 is 2.29 bits per heavy atom. The Morgan fingerprint density at radius 3 is 3.00 bits per heavy atom. The number of aliphatic hydroxyl groups is 1. The molecule has 0 amide bonds. The number of nitrogens with zero attached hydrogens (tertiary/aromatic N) is 3. The first-order chi connectivity index (χ1) is 8.22. The van der Waals surface area contributed by atoms with Gasteiger partial charge in [0.1, 0.15) is 17.1 Å². The molecular formula is C9H8N4O4. The van der Waals surface area contributed by atoms with Crippen LogP contribution < -0.4 is 0 Å². The van der Waals surface area contributed by atoms with Crippen molar-refractivity contribution in [2.45, 2.75) is 12.3 Å². The van der Waals surface area contributed by atoms with Gasteiger partial charge in [0.15, 0.2) is 5.69 Å². The Hall–Kier alpha value is -2.22. The van der Waals surface area contributed by atoms with E-state index >= 15 is 0 Å². The van der Waals surface area contributed by atoms with Crippen LogP contribution in [0.1, 0.15) is 27.7 Å². The summed E-state index contributed by atoms with van der Waals surface area (Å²) in [7, 11) is 0. The summed E-state index contributed by atoms with van der Waals surface area (Å²) >= 11 is 0. The predicted octanol–water partition coefficient (Wildman–Crippen LogP) is -0.210. The largest absolute Gasteiger partial charge is 0.477 e. The maximum absolute atomic E-state index is 11.0. The Bertz CT molecular complexity index is 588. The molecule has 2 aromatic heterocycles. The molecule has 0 saturated carbocycles. The van der Waals surface area contributed by atoms with Crippen molar-refractivity contribution < 1.29 is 19.6 Å². The summed E-state index contributed by atoms with van der Waals surface area (Å²) in [5.41, 5.74) is 1.85. The molecule has 1 aliphatic carbocycles. The lowest BCUT2D eigenvalue weighted by Gasteiger charge is -2.17. The van der Waals surface area contributed by atoms with Crippen LogP contribution in [0.2, 0.25) is 0 Å². The van der Waals surface area contributed by atoms with Crippen LogP contribution in [0, 0.1) is 0 Å². The van der Waals surface area contributed by atoms with E-state index in [1.54, 1.807) is 0 Å². The molecule has 1 unspecified atom stereocenters. The molecule has 0 radical (unpaired) electrons. The molecular weight excluding hydrogens is 228 g/mol. The highest BCUT2D eigenvalue weighted by molar-refractivity contribution is 5.90. The fourth-order valence-electron chi connectivity index (χ4n) is 2.10. The second-order valence-electron chi connectivity index (χ2n) is 3.81. The van der Waals surface area contributed by atoms with Gasteiger partial charge in [-0.05, 0) is 5.16 Å². The van der Waals surface area contributed by atoms with Gasteiger partial charge in [-0.2, -0.15) is 5.10 Å². The highest BCUT2D eigenvalue weighted by Gasteiger charge is 2.35. The molecule has 1 aliphatic rings. The van der Waals surface area contributed by atoms with Gasteiger partial charge in [-0.1, -0.05) is 5.16 Å². The Balaban J connectivity index is 2.24. The van der Waals surface area contributed by atoms with E-state index in [-0.39, 0.29) is 18.2 Å². The van der Waals surface area contributed by atoms with Crippen molar-refractivity contribution in [3.8, 4) is 11.4 Å². The van der Waals surface area contributed by atoms with Crippen molar-refractivity contribution in [2.75, 3.05) is 6.61 Å². The second-order valence-corrected chi connectivity index (χ2v) is 3.81. The maximum atomic E-state index is 11.0. The minimum Gasteiger partial charge on any atom is -0.477 e. The molecule has 8 nitrogen and oxygen atoms in total.